The highest BCUT2D eigenvalue weighted by Gasteiger charge is 2.12. The molecule has 2 amide bonds. The summed E-state index contributed by atoms with van der Waals surface area (Å²) in [5, 5.41) is 9.01. The van der Waals surface area contributed by atoms with Crippen molar-refractivity contribution in [2.24, 2.45) is 0 Å². The molecule has 0 saturated carbocycles. The second-order valence-corrected chi connectivity index (χ2v) is 8.88. The van der Waals surface area contributed by atoms with Crippen LogP contribution in [-0.4, -0.2) is 45.8 Å². The Labute approximate surface area is 249 Å². The van der Waals surface area contributed by atoms with Crippen LogP contribution in [0.2, 0.25) is 25.8 Å². The van der Waals surface area contributed by atoms with Gasteiger partial charge in [-0.05, 0) is 47.5 Å². The Balaban J connectivity index is 0.000000226. The zero-order chi connectivity index (χ0) is 28.9. The van der Waals surface area contributed by atoms with E-state index in [0.29, 0.717) is 38.4 Å². The number of nitrogen functional groups attached to an aromatic ring is 1. The maximum absolute atomic E-state index is 11.7. The fraction of sp³-hybridized carbons (Fsp3) is 0.0833. The van der Waals surface area contributed by atoms with E-state index in [-0.39, 0.29) is 27.5 Å². The number of nitrogens with two attached hydrogens (primary N) is 1. The number of rotatable bonds is 4. The van der Waals surface area contributed by atoms with Crippen molar-refractivity contribution < 1.29 is 9.59 Å². The van der Waals surface area contributed by atoms with E-state index in [1.165, 1.54) is 12.4 Å². The fourth-order valence-corrected chi connectivity index (χ4v) is 3.32. The van der Waals surface area contributed by atoms with Gasteiger partial charge in [-0.1, -0.05) is 59.1 Å². The molecule has 0 spiro atoms. The lowest BCUT2D eigenvalue weighted by Crippen LogP contribution is -2.19. The summed E-state index contributed by atoms with van der Waals surface area (Å²) in [6.07, 6.45) is 2.74. The van der Waals surface area contributed by atoms with Gasteiger partial charge in [0.15, 0.2) is 11.0 Å². The molecule has 2 heterocycles. The van der Waals surface area contributed by atoms with E-state index < -0.39 is 0 Å². The third kappa shape index (κ3) is 10.0. The van der Waals surface area contributed by atoms with Crippen molar-refractivity contribution in [2.45, 2.75) is 0 Å². The Bertz CT molecular complexity index is 1440. The molecule has 2 aromatic carbocycles. The van der Waals surface area contributed by atoms with Gasteiger partial charge in [-0.15, -0.1) is 0 Å². The van der Waals surface area contributed by atoms with Crippen LogP contribution in [0.5, 0.6) is 0 Å². The average Bonchev–Trinajstić information content (AvgIpc) is 2.93. The third-order valence-corrected chi connectivity index (χ3v) is 5.77. The number of amides is 2. The number of hydrogen-bond donors (Lipinski definition) is 4. The van der Waals surface area contributed by atoms with Gasteiger partial charge < -0.3 is 21.7 Å². The summed E-state index contributed by atoms with van der Waals surface area (Å²) < 4.78 is 0. The highest BCUT2D eigenvalue weighted by Crippen LogP contribution is 2.25. The van der Waals surface area contributed by atoms with Crippen LogP contribution in [0.25, 0.3) is 0 Å². The molecule has 39 heavy (non-hydrogen) atoms. The van der Waals surface area contributed by atoms with Crippen molar-refractivity contribution in [1.82, 2.24) is 30.6 Å². The number of benzene rings is 2. The van der Waals surface area contributed by atoms with Crippen LogP contribution in [0.4, 0.5) is 17.2 Å². The summed E-state index contributed by atoms with van der Waals surface area (Å²) in [4.78, 5) is 37.6. The molecule has 2 aromatic heterocycles. The topological polar surface area (TPSA) is 148 Å². The molecule has 4 rings (SSSR count). The maximum atomic E-state index is 11.7. The first-order chi connectivity index (χ1) is 18.6. The Morgan fingerprint density at radius 1 is 0.718 bits per heavy atom. The van der Waals surface area contributed by atoms with Crippen LogP contribution < -0.4 is 21.7 Å². The molecule has 0 aliphatic carbocycles. The van der Waals surface area contributed by atoms with Crippen molar-refractivity contribution in [1.29, 1.82) is 0 Å². The zero-order valence-corrected chi connectivity index (χ0v) is 24.1. The summed E-state index contributed by atoms with van der Waals surface area (Å²) in [5.74, 6) is -0.0134. The van der Waals surface area contributed by atoms with Crippen LogP contribution in [0.1, 0.15) is 20.7 Å². The SMILES string of the molecule is CNC(=O)c1ccccc1N.CNC(=O)c1ccccc1Nc1nc(Cl)ncc1Cl.Clc1ncc(Cl)c(Cl)n1. The van der Waals surface area contributed by atoms with Crippen LogP contribution in [-0.2, 0) is 0 Å². The number of anilines is 3. The number of hydrogen-bond acceptors (Lipinski definition) is 8. The Morgan fingerprint density at radius 2 is 1.23 bits per heavy atom. The predicted molar refractivity (Wildman–Crippen MR) is 156 cm³/mol. The number of para-hydroxylation sites is 2. The molecule has 10 nitrogen and oxygen atoms in total. The normalized spacial score (nSPS) is 9.72. The first-order valence-electron chi connectivity index (χ1n) is 10.7. The summed E-state index contributed by atoms with van der Waals surface area (Å²) in [6, 6.07) is 14.0. The molecule has 0 radical (unpaired) electrons. The van der Waals surface area contributed by atoms with Crippen molar-refractivity contribution >= 4 is 87.0 Å². The number of nitrogens with zero attached hydrogens (tertiary/aromatic N) is 4. The Kier molecular flexibility index (Phi) is 12.9. The van der Waals surface area contributed by atoms with Crippen molar-refractivity contribution in [3.05, 3.63) is 97.8 Å². The monoisotopic (exact) mass is 628 g/mol. The van der Waals surface area contributed by atoms with Gasteiger partial charge in [-0.25, -0.2) is 15.0 Å². The lowest BCUT2D eigenvalue weighted by atomic mass is 10.1. The average molecular weight is 631 g/mol. The molecule has 5 N–H and O–H groups in total. The van der Waals surface area contributed by atoms with E-state index in [4.69, 9.17) is 63.7 Å². The molecular weight excluding hydrogens is 610 g/mol. The Hall–Kier alpha value is -3.41. The number of nitrogens with one attached hydrogen (secondary N) is 3. The molecule has 0 atom stereocenters. The van der Waals surface area contributed by atoms with Crippen LogP contribution in [0.15, 0.2) is 60.9 Å². The number of halogens is 5. The number of carbonyl (C=O) groups is 2. The van der Waals surface area contributed by atoms with Crippen LogP contribution in [0.3, 0.4) is 0 Å². The van der Waals surface area contributed by atoms with E-state index in [1.807, 2.05) is 0 Å². The standard InChI is InChI=1S/C12H10Cl2N4O.C8H10N2O.C4HCl3N2/c1-15-11(19)7-4-2-3-5-9(7)17-10-8(13)6-16-12(14)18-10;1-10-8(11)6-4-2-3-5-7(6)9;5-2-1-8-4(7)9-3(2)6/h2-6H,1H3,(H,15,19)(H,16,17,18);2-5H,9H2,1H3,(H,10,11);1H. The number of carbonyl (C=O) groups excluding carboxylic acids is 2. The van der Waals surface area contributed by atoms with E-state index in [1.54, 1.807) is 62.6 Å². The largest absolute Gasteiger partial charge is 0.398 e. The smallest absolute Gasteiger partial charge is 0.253 e. The first-order valence-corrected chi connectivity index (χ1v) is 12.6. The molecule has 0 unspecified atom stereocenters. The molecule has 0 aliphatic rings. The van der Waals surface area contributed by atoms with Gasteiger partial charge >= 0.3 is 0 Å². The van der Waals surface area contributed by atoms with E-state index in [9.17, 15) is 9.59 Å². The number of aromatic nitrogens is 4. The summed E-state index contributed by atoms with van der Waals surface area (Å²) in [5.41, 5.74) is 7.63. The van der Waals surface area contributed by atoms with E-state index >= 15 is 0 Å². The second-order valence-electron chi connectivity index (χ2n) is 7.03. The van der Waals surface area contributed by atoms with Gasteiger partial charge in [0, 0.05) is 19.8 Å². The van der Waals surface area contributed by atoms with Gasteiger partial charge in [-0.2, -0.15) is 4.98 Å². The fourth-order valence-electron chi connectivity index (χ4n) is 2.65. The van der Waals surface area contributed by atoms with Gasteiger partial charge in [0.2, 0.25) is 10.6 Å². The first kappa shape index (κ1) is 31.8. The maximum Gasteiger partial charge on any atom is 0.253 e. The van der Waals surface area contributed by atoms with Gasteiger partial charge in [0.05, 0.1) is 34.2 Å². The van der Waals surface area contributed by atoms with Crippen LogP contribution in [0, 0.1) is 0 Å². The quantitative estimate of drug-likeness (QED) is 0.123. The lowest BCUT2D eigenvalue weighted by Gasteiger charge is -2.11. The van der Waals surface area contributed by atoms with Crippen molar-refractivity contribution in [3.63, 3.8) is 0 Å². The van der Waals surface area contributed by atoms with Gasteiger partial charge in [0.1, 0.15) is 5.02 Å². The van der Waals surface area contributed by atoms with Crippen molar-refractivity contribution in [2.75, 3.05) is 25.1 Å². The molecule has 15 heteroatoms. The van der Waals surface area contributed by atoms with Gasteiger partial charge in [0.25, 0.3) is 11.8 Å². The predicted octanol–water partition coefficient (Wildman–Crippen LogP) is 5.95. The highest BCUT2D eigenvalue weighted by atomic mass is 35.5. The van der Waals surface area contributed by atoms with Crippen molar-refractivity contribution in [3.8, 4) is 0 Å². The molecule has 0 saturated heterocycles. The molecular formula is C24H21Cl5N8O2. The minimum Gasteiger partial charge on any atom is -0.398 e. The summed E-state index contributed by atoms with van der Waals surface area (Å²) in [7, 11) is 3.14. The highest BCUT2D eigenvalue weighted by molar-refractivity contribution is 6.41. The molecule has 0 fully saturated rings. The lowest BCUT2D eigenvalue weighted by molar-refractivity contribution is 0.0956. The minimum absolute atomic E-state index is 0.0734. The van der Waals surface area contributed by atoms with Crippen LogP contribution >= 0.6 is 58.0 Å². The van der Waals surface area contributed by atoms with E-state index in [2.05, 4.69) is 35.9 Å². The molecule has 0 bridgehead atoms. The van der Waals surface area contributed by atoms with E-state index in [0.717, 1.165) is 0 Å². The minimum atomic E-state index is -0.209. The second kappa shape index (κ2) is 15.9. The molecule has 0 aliphatic heterocycles. The Morgan fingerprint density at radius 3 is 1.79 bits per heavy atom. The summed E-state index contributed by atoms with van der Waals surface area (Å²) in [6.45, 7) is 0. The van der Waals surface area contributed by atoms with Gasteiger partial charge in [-0.3, -0.25) is 9.59 Å². The zero-order valence-electron chi connectivity index (χ0n) is 20.3. The summed E-state index contributed by atoms with van der Waals surface area (Å²) >= 11 is 27.9. The third-order valence-electron chi connectivity index (χ3n) is 4.47. The molecule has 204 valence electrons. The molecule has 4 aromatic rings.